The van der Waals surface area contributed by atoms with Gasteiger partial charge in [-0.3, -0.25) is 0 Å². The fraction of sp³-hybridized carbons (Fsp3) is 0.333. The number of hydrogen-bond acceptors (Lipinski definition) is 3. The van der Waals surface area contributed by atoms with Gasteiger partial charge in [-0.05, 0) is 49.7 Å². The van der Waals surface area contributed by atoms with Gasteiger partial charge in [0, 0.05) is 17.1 Å². The monoisotopic (exact) mass is 353 g/mol. The zero-order valence-corrected chi connectivity index (χ0v) is 14.9. The van der Waals surface area contributed by atoms with Gasteiger partial charge in [0.2, 0.25) is 0 Å². The van der Waals surface area contributed by atoms with E-state index in [1.165, 1.54) is 5.56 Å². The second-order valence-corrected chi connectivity index (χ2v) is 5.93. The number of hydrogen-bond donors (Lipinski definition) is 1. The molecular weight excluding hydrogens is 333 g/mol. The van der Waals surface area contributed by atoms with Crippen molar-refractivity contribution in [1.82, 2.24) is 5.32 Å². The Bertz CT molecular complexity index is 630. The number of halogens is 2. The molecule has 0 unspecified atom stereocenters. The van der Waals surface area contributed by atoms with Crippen LogP contribution in [0.1, 0.15) is 18.1 Å². The Balaban J connectivity index is 1.90. The highest BCUT2D eigenvalue weighted by Gasteiger charge is 2.10. The number of nitrogens with one attached hydrogen (secondary N) is 1. The molecule has 0 saturated carbocycles. The first-order chi connectivity index (χ1) is 11.1. The molecule has 5 heteroatoms. The molecule has 0 aliphatic rings. The Kier molecular flexibility index (Phi) is 7.03. The number of methoxy groups -OCH3 is 1. The summed E-state index contributed by atoms with van der Waals surface area (Å²) in [4.78, 5) is 0. The molecule has 0 heterocycles. The molecule has 0 aliphatic carbocycles. The second kappa shape index (κ2) is 9.02. The van der Waals surface area contributed by atoms with Gasteiger partial charge in [-0.1, -0.05) is 35.3 Å². The second-order valence-electron chi connectivity index (χ2n) is 5.08. The van der Waals surface area contributed by atoms with Crippen LogP contribution in [0.4, 0.5) is 0 Å². The van der Waals surface area contributed by atoms with Gasteiger partial charge < -0.3 is 14.8 Å². The summed E-state index contributed by atoms with van der Waals surface area (Å²) in [5.74, 6) is 1.58. The van der Waals surface area contributed by atoms with E-state index >= 15 is 0 Å². The lowest BCUT2D eigenvalue weighted by Gasteiger charge is -2.13. The summed E-state index contributed by atoms with van der Waals surface area (Å²) >= 11 is 12.3. The Labute approximate surface area is 147 Å². The molecule has 0 saturated heterocycles. The van der Waals surface area contributed by atoms with Crippen LogP contribution in [0.25, 0.3) is 0 Å². The zero-order chi connectivity index (χ0) is 16.7. The summed E-state index contributed by atoms with van der Waals surface area (Å²) in [6, 6.07) is 11.7. The van der Waals surface area contributed by atoms with Gasteiger partial charge in [0.1, 0.15) is 11.5 Å². The topological polar surface area (TPSA) is 30.5 Å². The van der Waals surface area contributed by atoms with Crippen LogP contribution < -0.4 is 14.8 Å². The molecule has 0 spiro atoms. The Morgan fingerprint density at radius 1 is 1.09 bits per heavy atom. The maximum atomic E-state index is 6.20. The highest BCUT2D eigenvalue weighted by atomic mass is 35.5. The van der Waals surface area contributed by atoms with E-state index in [1.807, 2.05) is 25.1 Å². The minimum atomic E-state index is 0.548. The first kappa shape index (κ1) is 17.9. The highest BCUT2D eigenvalue weighted by molar-refractivity contribution is 6.35. The number of rotatable bonds is 8. The molecule has 0 amide bonds. The third-order valence-corrected chi connectivity index (χ3v) is 3.94. The van der Waals surface area contributed by atoms with Crippen molar-refractivity contribution in [2.45, 2.75) is 19.9 Å². The van der Waals surface area contributed by atoms with Crippen LogP contribution in [-0.2, 0) is 13.0 Å². The fourth-order valence-electron chi connectivity index (χ4n) is 2.30. The van der Waals surface area contributed by atoms with Crippen molar-refractivity contribution < 1.29 is 9.47 Å². The average Bonchev–Trinajstić information content (AvgIpc) is 2.55. The van der Waals surface area contributed by atoms with E-state index in [9.17, 15) is 0 Å². The highest BCUT2D eigenvalue weighted by Crippen LogP contribution is 2.32. The first-order valence-electron chi connectivity index (χ1n) is 7.58. The summed E-state index contributed by atoms with van der Waals surface area (Å²) in [7, 11) is 1.67. The van der Waals surface area contributed by atoms with Crippen molar-refractivity contribution in [3.8, 4) is 11.5 Å². The predicted octanol–water partition coefficient (Wildman–Crippen LogP) is 4.73. The van der Waals surface area contributed by atoms with Crippen LogP contribution in [0.2, 0.25) is 10.0 Å². The van der Waals surface area contributed by atoms with Crippen LogP contribution >= 0.6 is 23.2 Å². The minimum Gasteiger partial charge on any atom is -0.497 e. The largest absolute Gasteiger partial charge is 0.497 e. The molecule has 3 nitrogen and oxygen atoms in total. The smallest absolute Gasteiger partial charge is 0.142 e. The van der Waals surface area contributed by atoms with Crippen molar-refractivity contribution in [3.05, 3.63) is 57.6 Å². The van der Waals surface area contributed by atoms with Gasteiger partial charge in [0.15, 0.2) is 0 Å². The number of benzene rings is 2. The summed E-state index contributed by atoms with van der Waals surface area (Å²) in [5.41, 5.74) is 2.23. The quantitative estimate of drug-likeness (QED) is 0.695. The van der Waals surface area contributed by atoms with Gasteiger partial charge in [0.25, 0.3) is 0 Å². The third kappa shape index (κ3) is 5.31. The molecule has 0 bridgehead atoms. The van der Waals surface area contributed by atoms with E-state index in [0.29, 0.717) is 28.9 Å². The Morgan fingerprint density at radius 2 is 1.83 bits per heavy atom. The van der Waals surface area contributed by atoms with E-state index in [4.69, 9.17) is 32.7 Å². The molecule has 124 valence electrons. The first-order valence-corrected chi connectivity index (χ1v) is 8.34. The minimum absolute atomic E-state index is 0.548. The van der Waals surface area contributed by atoms with Crippen LogP contribution in [0.15, 0.2) is 36.4 Å². The van der Waals surface area contributed by atoms with Crippen molar-refractivity contribution >= 4 is 23.2 Å². The lowest BCUT2D eigenvalue weighted by atomic mass is 10.1. The van der Waals surface area contributed by atoms with Gasteiger partial charge in [-0.2, -0.15) is 0 Å². The zero-order valence-electron chi connectivity index (χ0n) is 13.4. The summed E-state index contributed by atoms with van der Waals surface area (Å²) < 4.78 is 10.8. The average molecular weight is 354 g/mol. The lowest BCUT2D eigenvalue weighted by molar-refractivity contribution is 0.335. The maximum Gasteiger partial charge on any atom is 0.142 e. The predicted molar refractivity (Wildman–Crippen MR) is 96.0 cm³/mol. The lowest BCUT2D eigenvalue weighted by Crippen LogP contribution is -2.17. The molecule has 2 rings (SSSR count). The van der Waals surface area contributed by atoms with E-state index in [-0.39, 0.29) is 0 Å². The van der Waals surface area contributed by atoms with Crippen molar-refractivity contribution in [2.75, 3.05) is 20.3 Å². The standard InChI is InChI=1S/C18H21Cl2NO2/c1-3-23-18-14(10-15(19)11-17(18)20)12-21-9-8-13-4-6-16(22-2)7-5-13/h4-7,10-11,21H,3,8-9,12H2,1-2H3. The van der Waals surface area contributed by atoms with Crippen LogP contribution in [0.3, 0.4) is 0 Å². The summed E-state index contributed by atoms with van der Waals surface area (Å²) in [6.07, 6.45) is 0.933. The maximum absolute atomic E-state index is 6.20. The molecule has 0 fully saturated rings. The van der Waals surface area contributed by atoms with Crippen LogP contribution in [-0.4, -0.2) is 20.3 Å². The third-order valence-electron chi connectivity index (χ3n) is 3.44. The molecular formula is C18H21Cl2NO2. The van der Waals surface area contributed by atoms with E-state index in [1.54, 1.807) is 13.2 Å². The normalized spacial score (nSPS) is 10.6. The van der Waals surface area contributed by atoms with Gasteiger partial charge >= 0.3 is 0 Å². The number of ether oxygens (including phenoxy) is 2. The van der Waals surface area contributed by atoms with E-state index in [0.717, 1.165) is 24.3 Å². The van der Waals surface area contributed by atoms with Crippen LogP contribution in [0.5, 0.6) is 11.5 Å². The molecule has 2 aromatic carbocycles. The summed E-state index contributed by atoms with van der Waals surface area (Å²) in [6.45, 7) is 4.01. The molecule has 2 aromatic rings. The molecule has 0 radical (unpaired) electrons. The molecule has 23 heavy (non-hydrogen) atoms. The summed E-state index contributed by atoms with van der Waals surface area (Å²) in [5, 5.41) is 4.57. The van der Waals surface area contributed by atoms with Gasteiger partial charge in [-0.25, -0.2) is 0 Å². The molecule has 0 aromatic heterocycles. The van der Waals surface area contributed by atoms with Gasteiger partial charge in [-0.15, -0.1) is 0 Å². The Hall–Kier alpha value is -1.42. The van der Waals surface area contributed by atoms with Crippen molar-refractivity contribution in [3.63, 3.8) is 0 Å². The van der Waals surface area contributed by atoms with Crippen molar-refractivity contribution in [1.29, 1.82) is 0 Å². The fourth-order valence-corrected chi connectivity index (χ4v) is 2.89. The molecule has 0 atom stereocenters. The van der Waals surface area contributed by atoms with Crippen LogP contribution in [0, 0.1) is 0 Å². The molecule has 0 aliphatic heterocycles. The van der Waals surface area contributed by atoms with Crippen molar-refractivity contribution in [2.24, 2.45) is 0 Å². The van der Waals surface area contributed by atoms with E-state index < -0.39 is 0 Å². The van der Waals surface area contributed by atoms with E-state index in [2.05, 4.69) is 17.4 Å². The Morgan fingerprint density at radius 3 is 2.48 bits per heavy atom. The van der Waals surface area contributed by atoms with Gasteiger partial charge in [0.05, 0.1) is 18.7 Å². The SMILES string of the molecule is CCOc1c(Cl)cc(Cl)cc1CNCCc1ccc(OC)cc1. The molecule has 1 N–H and O–H groups in total.